The maximum absolute atomic E-state index is 14.1. The standard InChI is InChI=1S/C21H14ClFN2O4S/c22-18-16(25-6-7-30-21(25)24-18)19(26)27-10-13-8-15(23)9-14-11-28-20(29-17(13)14)12-4-2-1-3-5-12/h1-9,20H,10-11H2/t20-/m0/s1. The van der Waals surface area contributed by atoms with E-state index in [1.54, 1.807) is 16.0 Å². The van der Waals surface area contributed by atoms with Gasteiger partial charge in [-0.25, -0.2) is 14.2 Å². The number of ether oxygens (including phenoxy) is 3. The van der Waals surface area contributed by atoms with Crippen molar-refractivity contribution >= 4 is 33.9 Å². The molecule has 0 fully saturated rings. The molecule has 1 aliphatic heterocycles. The van der Waals surface area contributed by atoms with Crippen LogP contribution in [0.15, 0.2) is 54.0 Å². The lowest BCUT2D eigenvalue weighted by Crippen LogP contribution is -2.20. The van der Waals surface area contributed by atoms with E-state index in [1.807, 2.05) is 30.3 Å². The number of benzene rings is 2. The van der Waals surface area contributed by atoms with Crippen LogP contribution in [0.1, 0.15) is 33.5 Å². The van der Waals surface area contributed by atoms with E-state index in [1.165, 1.54) is 23.5 Å². The van der Waals surface area contributed by atoms with E-state index in [9.17, 15) is 9.18 Å². The molecule has 1 atom stereocenters. The van der Waals surface area contributed by atoms with Gasteiger partial charge in [0.1, 0.15) is 18.2 Å². The second-order valence-corrected chi connectivity index (χ2v) is 7.84. The number of hydrogen-bond donors (Lipinski definition) is 0. The molecular weight excluding hydrogens is 431 g/mol. The highest BCUT2D eigenvalue weighted by molar-refractivity contribution is 7.15. The van der Waals surface area contributed by atoms with Gasteiger partial charge in [-0.2, -0.15) is 0 Å². The van der Waals surface area contributed by atoms with Crippen LogP contribution in [0.3, 0.4) is 0 Å². The van der Waals surface area contributed by atoms with Gasteiger partial charge in [-0.15, -0.1) is 11.3 Å². The van der Waals surface area contributed by atoms with Crippen molar-refractivity contribution < 1.29 is 23.4 Å². The zero-order chi connectivity index (χ0) is 20.7. The SMILES string of the molecule is O=C(OCc1cc(F)cc2c1O[C@@H](c1ccccc1)OC2)c1c(Cl)nc2sccn12. The molecule has 1 aliphatic rings. The van der Waals surface area contributed by atoms with Crippen LogP contribution in [0, 0.1) is 5.82 Å². The summed E-state index contributed by atoms with van der Waals surface area (Å²) in [5.74, 6) is -0.673. The predicted molar refractivity (Wildman–Crippen MR) is 108 cm³/mol. The smallest absolute Gasteiger partial charge is 0.358 e. The fraction of sp³-hybridized carbons (Fsp3) is 0.143. The molecule has 0 saturated carbocycles. The molecule has 0 saturated heterocycles. The highest BCUT2D eigenvalue weighted by Gasteiger charge is 2.26. The molecule has 0 unspecified atom stereocenters. The average molecular weight is 445 g/mol. The summed E-state index contributed by atoms with van der Waals surface area (Å²) < 4.78 is 32.8. The number of aromatic nitrogens is 2. The number of esters is 1. The molecule has 4 aromatic rings. The number of nitrogens with zero attached hydrogens (tertiary/aromatic N) is 2. The van der Waals surface area contributed by atoms with Gasteiger partial charge in [0.05, 0.1) is 6.61 Å². The Morgan fingerprint density at radius 1 is 1.33 bits per heavy atom. The first-order valence-electron chi connectivity index (χ1n) is 9.03. The molecule has 0 amide bonds. The van der Waals surface area contributed by atoms with Crippen LogP contribution in [0.2, 0.25) is 5.15 Å². The summed E-state index contributed by atoms with van der Waals surface area (Å²) in [4.78, 5) is 17.3. The van der Waals surface area contributed by atoms with E-state index in [0.717, 1.165) is 5.56 Å². The Kier molecular flexibility index (Phi) is 4.90. The lowest BCUT2D eigenvalue weighted by atomic mass is 10.1. The van der Waals surface area contributed by atoms with Crippen LogP contribution in [-0.2, 0) is 22.7 Å². The van der Waals surface area contributed by atoms with Crippen LogP contribution < -0.4 is 4.74 Å². The molecule has 0 spiro atoms. The summed E-state index contributed by atoms with van der Waals surface area (Å²) in [5.41, 5.74) is 1.92. The molecular formula is C21H14ClFN2O4S. The van der Waals surface area contributed by atoms with Crippen LogP contribution in [0.5, 0.6) is 5.75 Å². The number of halogens is 2. The minimum atomic E-state index is -0.657. The molecule has 0 bridgehead atoms. The minimum Gasteiger partial charge on any atom is -0.460 e. The molecule has 0 radical (unpaired) electrons. The van der Waals surface area contributed by atoms with Crippen LogP contribution in [-0.4, -0.2) is 15.4 Å². The minimum absolute atomic E-state index is 0.0573. The van der Waals surface area contributed by atoms with Crippen molar-refractivity contribution in [2.75, 3.05) is 0 Å². The van der Waals surface area contributed by atoms with Gasteiger partial charge in [0.2, 0.25) is 6.29 Å². The van der Waals surface area contributed by atoms with E-state index in [-0.39, 0.29) is 24.1 Å². The summed E-state index contributed by atoms with van der Waals surface area (Å²) in [7, 11) is 0. The molecule has 2 aromatic heterocycles. The molecule has 0 aliphatic carbocycles. The average Bonchev–Trinajstić information content (AvgIpc) is 3.32. The monoisotopic (exact) mass is 444 g/mol. The van der Waals surface area contributed by atoms with Gasteiger partial charge in [0, 0.05) is 28.3 Å². The number of thiazole rings is 1. The fourth-order valence-electron chi connectivity index (χ4n) is 3.31. The first-order chi connectivity index (χ1) is 14.6. The largest absolute Gasteiger partial charge is 0.460 e. The quantitative estimate of drug-likeness (QED) is 0.407. The van der Waals surface area contributed by atoms with Crippen molar-refractivity contribution in [2.24, 2.45) is 0 Å². The molecule has 3 heterocycles. The van der Waals surface area contributed by atoms with E-state index < -0.39 is 18.1 Å². The summed E-state index contributed by atoms with van der Waals surface area (Å²) in [6.07, 6.45) is 1.05. The van der Waals surface area contributed by atoms with E-state index in [2.05, 4.69) is 4.98 Å². The Morgan fingerprint density at radius 2 is 2.17 bits per heavy atom. The zero-order valence-corrected chi connectivity index (χ0v) is 17.0. The fourth-order valence-corrected chi connectivity index (χ4v) is 4.32. The lowest BCUT2D eigenvalue weighted by Gasteiger charge is -2.28. The summed E-state index contributed by atoms with van der Waals surface area (Å²) in [6, 6.07) is 12.1. The van der Waals surface area contributed by atoms with Crippen molar-refractivity contribution in [2.45, 2.75) is 19.5 Å². The lowest BCUT2D eigenvalue weighted by molar-refractivity contribution is -0.112. The van der Waals surface area contributed by atoms with Crippen LogP contribution >= 0.6 is 22.9 Å². The van der Waals surface area contributed by atoms with Gasteiger partial charge >= 0.3 is 5.97 Å². The van der Waals surface area contributed by atoms with Crippen molar-refractivity contribution in [3.05, 3.63) is 87.4 Å². The highest BCUT2D eigenvalue weighted by Crippen LogP contribution is 2.37. The Labute approximate surface area is 179 Å². The Morgan fingerprint density at radius 3 is 3.00 bits per heavy atom. The van der Waals surface area contributed by atoms with E-state index in [0.29, 0.717) is 21.8 Å². The summed E-state index contributed by atoms with van der Waals surface area (Å²) >= 11 is 7.43. The zero-order valence-electron chi connectivity index (χ0n) is 15.4. The van der Waals surface area contributed by atoms with E-state index in [4.69, 9.17) is 25.8 Å². The second kappa shape index (κ2) is 7.71. The molecule has 0 N–H and O–H groups in total. The van der Waals surface area contributed by atoms with Gasteiger partial charge in [-0.05, 0) is 12.1 Å². The number of carbonyl (C=O) groups excluding carboxylic acids is 1. The third kappa shape index (κ3) is 3.43. The van der Waals surface area contributed by atoms with E-state index >= 15 is 0 Å². The van der Waals surface area contributed by atoms with Crippen molar-refractivity contribution in [1.29, 1.82) is 0 Å². The number of carbonyl (C=O) groups is 1. The van der Waals surface area contributed by atoms with Gasteiger partial charge in [-0.3, -0.25) is 4.40 Å². The van der Waals surface area contributed by atoms with Gasteiger partial charge in [-0.1, -0.05) is 41.9 Å². The third-order valence-electron chi connectivity index (χ3n) is 4.67. The maximum Gasteiger partial charge on any atom is 0.358 e. The first-order valence-corrected chi connectivity index (χ1v) is 10.3. The summed E-state index contributed by atoms with van der Waals surface area (Å²) in [6.45, 7) is -0.00822. The maximum atomic E-state index is 14.1. The van der Waals surface area contributed by atoms with Crippen molar-refractivity contribution in [3.63, 3.8) is 0 Å². The summed E-state index contributed by atoms with van der Waals surface area (Å²) in [5, 5.41) is 1.84. The second-order valence-electron chi connectivity index (χ2n) is 6.61. The van der Waals surface area contributed by atoms with Crippen LogP contribution in [0.25, 0.3) is 4.96 Å². The molecule has 9 heteroatoms. The number of fused-ring (bicyclic) bond motifs is 2. The predicted octanol–water partition coefficient (Wildman–Crippen LogP) is 5.15. The number of imidazole rings is 1. The third-order valence-corrected chi connectivity index (χ3v) is 5.69. The number of hydrogen-bond acceptors (Lipinski definition) is 6. The number of rotatable bonds is 4. The molecule has 5 rings (SSSR count). The van der Waals surface area contributed by atoms with Gasteiger partial charge < -0.3 is 14.2 Å². The Bertz CT molecular complexity index is 1240. The molecule has 6 nitrogen and oxygen atoms in total. The van der Waals surface area contributed by atoms with Crippen molar-refractivity contribution in [1.82, 2.24) is 9.38 Å². The topological polar surface area (TPSA) is 62.1 Å². The van der Waals surface area contributed by atoms with Gasteiger partial charge in [0.25, 0.3) is 0 Å². The first kappa shape index (κ1) is 19.0. The molecule has 30 heavy (non-hydrogen) atoms. The molecule has 152 valence electrons. The highest BCUT2D eigenvalue weighted by atomic mass is 35.5. The van der Waals surface area contributed by atoms with Gasteiger partial charge in [0.15, 0.2) is 15.8 Å². The van der Waals surface area contributed by atoms with Crippen LogP contribution in [0.4, 0.5) is 4.39 Å². The molecule has 2 aromatic carbocycles. The van der Waals surface area contributed by atoms with Crippen molar-refractivity contribution in [3.8, 4) is 5.75 Å². The Hall–Kier alpha value is -2.94. The normalized spacial score (nSPS) is 15.6. The Balaban J connectivity index is 1.40.